The maximum Gasteiger partial charge on any atom is 0.132 e. The Morgan fingerprint density at radius 1 is 1.20 bits per heavy atom. The lowest BCUT2D eigenvalue weighted by Gasteiger charge is -2.31. The van der Waals surface area contributed by atoms with E-state index in [4.69, 9.17) is 4.74 Å². The summed E-state index contributed by atoms with van der Waals surface area (Å²) in [6.45, 7) is 3.85. The summed E-state index contributed by atoms with van der Waals surface area (Å²) < 4.78 is 31.7. The van der Waals surface area contributed by atoms with Crippen LogP contribution in [-0.2, 0) is 10.3 Å². The summed E-state index contributed by atoms with van der Waals surface area (Å²) in [6, 6.07) is 3.62. The van der Waals surface area contributed by atoms with Crippen LogP contribution in [0.1, 0.15) is 32.3 Å². The first kappa shape index (κ1) is 12.1. The summed E-state index contributed by atoms with van der Waals surface area (Å²) in [4.78, 5) is 0. The van der Waals surface area contributed by atoms with Gasteiger partial charge < -0.3 is 4.74 Å². The highest BCUT2D eigenvalue weighted by Gasteiger charge is 2.30. The Morgan fingerprint density at radius 2 is 1.80 bits per heavy atom. The van der Waals surface area contributed by atoms with Gasteiger partial charge in [-0.05, 0) is 18.9 Å². The largest absolute Gasteiger partial charge is 0.373 e. The topological polar surface area (TPSA) is 9.23 Å². The molecular weight excluding hydrogens is 198 g/mol. The van der Waals surface area contributed by atoms with Gasteiger partial charge in [0.05, 0.1) is 5.60 Å². The third-order valence-corrected chi connectivity index (χ3v) is 2.95. The SMILES string of the molecule is CCC(CC)(OC)c1ccc(F)cc1F. The lowest BCUT2D eigenvalue weighted by molar-refractivity contribution is -0.0245. The molecule has 0 fully saturated rings. The van der Waals surface area contributed by atoms with E-state index < -0.39 is 17.2 Å². The van der Waals surface area contributed by atoms with E-state index in [1.165, 1.54) is 12.1 Å². The molecule has 0 spiro atoms. The second-order valence-corrected chi connectivity index (χ2v) is 3.53. The fourth-order valence-corrected chi connectivity index (χ4v) is 1.89. The van der Waals surface area contributed by atoms with Crippen LogP contribution in [0.3, 0.4) is 0 Å². The number of hydrogen-bond acceptors (Lipinski definition) is 1. The molecule has 0 radical (unpaired) electrons. The van der Waals surface area contributed by atoms with Crippen LogP contribution in [0.15, 0.2) is 18.2 Å². The first-order chi connectivity index (χ1) is 7.09. The number of ether oxygens (including phenoxy) is 1. The van der Waals surface area contributed by atoms with Crippen molar-refractivity contribution in [2.24, 2.45) is 0 Å². The Bertz CT molecular complexity index is 324. The van der Waals surface area contributed by atoms with E-state index in [2.05, 4.69) is 0 Å². The molecule has 0 unspecified atom stereocenters. The molecular formula is C12H16F2O. The van der Waals surface area contributed by atoms with Crippen molar-refractivity contribution in [2.45, 2.75) is 32.3 Å². The zero-order chi connectivity index (χ0) is 11.5. The second kappa shape index (κ2) is 4.71. The Balaban J connectivity index is 3.22. The van der Waals surface area contributed by atoms with Gasteiger partial charge in [-0.25, -0.2) is 8.78 Å². The molecule has 0 heterocycles. The summed E-state index contributed by atoms with van der Waals surface area (Å²) in [7, 11) is 1.55. The summed E-state index contributed by atoms with van der Waals surface area (Å²) in [5, 5.41) is 0. The van der Waals surface area contributed by atoms with Crippen LogP contribution >= 0.6 is 0 Å². The van der Waals surface area contributed by atoms with Crippen LogP contribution in [0.25, 0.3) is 0 Å². The lowest BCUT2D eigenvalue weighted by Crippen LogP contribution is -2.28. The highest BCUT2D eigenvalue weighted by Crippen LogP contribution is 2.34. The van der Waals surface area contributed by atoms with E-state index in [0.29, 0.717) is 18.4 Å². The highest BCUT2D eigenvalue weighted by atomic mass is 19.1. The summed E-state index contributed by atoms with van der Waals surface area (Å²) in [5.41, 5.74) is -0.214. The predicted molar refractivity (Wildman–Crippen MR) is 55.6 cm³/mol. The van der Waals surface area contributed by atoms with Gasteiger partial charge in [0, 0.05) is 18.7 Å². The molecule has 0 saturated heterocycles. The molecule has 0 aliphatic heterocycles. The smallest absolute Gasteiger partial charge is 0.132 e. The van der Waals surface area contributed by atoms with Crippen LogP contribution in [0.5, 0.6) is 0 Å². The van der Waals surface area contributed by atoms with Crippen LogP contribution in [0, 0.1) is 11.6 Å². The molecule has 3 heteroatoms. The van der Waals surface area contributed by atoms with Gasteiger partial charge in [0.2, 0.25) is 0 Å². The number of hydrogen-bond donors (Lipinski definition) is 0. The Labute approximate surface area is 89.1 Å². The van der Waals surface area contributed by atoms with Crippen LogP contribution in [0.4, 0.5) is 8.78 Å². The van der Waals surface area contributed by atoms with Gasteiger partial charge in [-0.2, -0.15) is 0 Å². The minimum absolute atomic E-state index is 0.427. The molecule has 0 aliphatic carbocycles. The van der Waals surface area contributed by atoms with Gasteiger partial charge in [0.25, 0.3) is 0 Å². The summed E-state index contributed by atoms with van der Waals surface area (Å²) >= 11 is 0. The number of halogens is 2. The zero-order valence-corrected chi connectivity index (χ0v) is 9.31. The van der Waals surface area contributed by atoms with Crippen molar-refractivity contribution in [1.82, 2.24) is 0 Å². The molecule has 1 aromatic rings. The lowest BCUT2D eigenvalue weighted by atomic mass is 9.88. The molecule has 0 N–H and O–H groups in total. The molecule has 0 saturated carbocycles. The van der Waals surface area contributed by atoms with Crippen molar-refractivity contribution >= 4 is 0 Å². The van der Waals surface area contributed by atoms with Gasteiger partial charge >= 0.3 is 0 Å². The van der Waals surface area contributed by atoms with Gasteiger partial charge in [-0.15, -0.1) is 0 Å². The second-order valence-electron chi connectivity index (χ2n) is 3.53. The minimum Gasteiger partial charge on any atom is -0.373 e. The molecule has 0 atom stereocenters. The van der Waals surface area contributed by atoms with Gasteiger partial charge in [0.15, 0.2) is 0 Å². The summed E-state index contributed by atoms with van der Waals surface area (Å²) in [5.74, 6) is -1.10. The maximum atomic E-state index is 13.6. The van der Waals surface area contributed by atoms with Crippen molar-refractivity contribution < 1.29 is 13.5 Å². The fraction of sp³-hybridized carbons (Fsp3) is 0.500. The van der Waals surface area contributed by atoms with Crippen molar-refractivity contribution in [2.75, 3.05) is 7.11 Å². The van der Waals surface area contributed by atoms with Crippen LogP contribution < -0.4 is 0 Å². The average molecular weight is 214 g/mol. The van der Waals surface area contributed by atoms with Gasteiger partial charge in [-0.3, -0.25) is 0 Å². The van der Waals surface area contributed by atoms with E-state index in [-0.39, 0.29) is 0 Å². The standard InChI is InChI=1S/C12H16F2O/c1-4-12(5-2,15-3)10-7-6-9(13)8-11(10)14/h6-8H,4-5H2,1-3H3. The normalized spacial score (nSPS) is 11.8. The van der Waals surface area contributed by atoms with Crippen molar-refractivity contribution in [3.63, 3.8) is 0 Å². The number of rotatable bonds is 4. The zero-order valence-electron chi connectivity index (χ0n) is 9.31. The average Bonchev–Trinajstić information content (AvgIpc) is 2.23. The van der Waals surface area contributed by atoms with E-state index >= 15 is 0 Å². The molecule has 1 nitrogen and oxygen atoms in total. The first-order valence-electron chi connectivity index (χ1n) is 5.10. The third-order valence-electron chi connectivity index (χ3n) is 2.95. The molecule has 84 valence electrons. The molecule has 0 aromatic heterocycles. The fourth-order valence-electron chi connectivity index (χ4n) is 1.89. The number of methoxy groups -OCH3 is 1. The Hall–Kier alpha value is -0.960. The van der Waals surface area contributed by atoms with E-state index in [9.17, 15) is 8.78 Å². The van der Waals surface area contributed by atoms with E-state index in [0.717, 1.165) is 6.07 Å². The molecule has 1 aromatic carbocycles. The molecule has 1 rings (SSSR count). The maximum absolute atomic E-state index is 13.6. The number of benzene rings is 1. The quantitative estimate of drug-likeness (QED) is 0.743. The molecule has 0 amide bonds. The Morgan fingerprint density at radius 3 is 2.20 bits per heavy atom. The Kier molecular flexibility index (Phi) is 3.80. The highest BCUT2D eigenvalue weighted by molar-refractivity contribution is 5.25. The predicted octanol–water partition coefficient (Wildman–Crippen LogP) is 3.63. The van der Waals surface area contributed by atoms with Crippen molar-refractivity contribution in [1.29, 1.82) is 0 Å². The molecule has 0 bridgehead atoms. The van der Waals surface area contributed by atoms with Gasteiger partial charge in [-0.1, -0.05) is 19.9 Å². The van der Waals surface area contributed by atoms with E-state index in [1.54, 1.807) is 7.11 Å². The van der Waals surface area contributed by atoms with Crippen LogP contribution in [0.2, 0.25) is 0 Å². The minimum atomic E-state index is -0.641. The van der Waals surface area contributed by atoms with E-state index in [1.807, 2.05) is 13.8 Å². The third kappa shape index (κ3) is 2.17. The van der Waals surface area contributed by atoms with Gasteiger partial charge in [0.1, 0.15) is 11.6 Å². The monoisotopic (exact) mass is 214 g/mol. The molecule has 15 heavy (non-hydrogen) atoms. The van der Waals surface area contributed by atoms with Crippen molar-refractivity contribution in [3.05, 3.63) is 35.4 Å². The molecule has 0 aliphatic rings. The summed E-state index contributed by atoms with van der Waals surface area (Å²) in [6.07, 6.45) is 1.31. The van der Waals surface area contributed by atoms with Crippen LogP contribution in [-0.4, -0.2) is 7.11 Å². The van der Waals surface area contributed by atoms with Crippen molar-refractivity contribution in [3.8, 4) is 0 Å². The first-order valence-corrected chi connectivity index (χ1v) is 5.10.